The fraction of sp³-hybridized carbons (Fsp3) is 0.111. The summed E-state index contributed by atoms with van der Waals surface area (Å²) < 4.78 is 10.8. The lowest BCUT2D eigenvalue weighted by molar-refractivity contribution is -0.105. The first-order valence-electron chi connectivity index (χ1n) is 7.31. The van der Waals surface area contributed by atoms with Gasteiger partial charge in [-0.15, -0.1) is 0 Å². The zero-order valence-electron chi connectivity index (χ0n) is 13.0. The van der Waals surface area contributed by atoms with Crippen molar-refractivity contribution in [3.05, 3.63) is 64.7 Å². The summed E-state index contributed by atoms with van der Waals surface area (Å²) in [5.74, 6) is 1.08. The highest BCUT2D eigenvalue weighted by Crippen LogP contribution is 2.25. The maximum absolute atomic E-state index is 10.4. The van der Waals surface area contributed by atoms with Crippen LogP contribution in [0.15, 0.2) is 53.1 Å². The summed E-state index contributed by atoms with van der Waals surface area (Å²) in [6.07, 6.45) is 0.544. The minimum absolute atomic E-state index is 0.309. The molecular formula is C18H15ClN2O3. The van der Waals surface area contributed by atoms with Crippen LogP contribution in [0.1, 0.15) is 11.1 Å². The summed E-state index contributed by atoms with van der Waals surface area (Å²) in [6, 6.07) is 15.0. The minimum Gasteiger partial charge on any atom is -0.489 e. The molecule has 1 amide bonds. The van der Waals surface area contributed by atoms with Crippen LogP contribution >= 0.6 is 11.6 Å². The van der Waals surface area contributed by atoms with Crippen molar-refractivity contribution in [2.75, 3.05) is 5.32 Å². The summed E-state index contributed by atoms with van der Waals surface area (Å²) in [5, 5.41) is 6.97. The lowest BCUT2D eigenvalue weighted by atomic mass is 10.1. The van der Waals surface area contributed by atoms with E-state index in [1.54, 1.807) is 6.07 Å². The molecule has 0 fully saturated rings. The van der Waals surface area contributed by atoms with E-state index in [1.807, 2.05) is 49.4 Å². The van der Waals surface area contributed by atoms with E-state index in [9.17, 15) is 4.79 Å². The Labute approximate surface area is 144 Å². The highest BCUT2D eigenvalue weighted by molar-refractivity contribution is 6.30. The summed E-state index contributed by atoms with van der Waals surface area (Å²) >= 11 is 5.99. The highest BCUT2D eigenvalue weighted by Gasteiger charge is 2.07. The van der Waals surface area contributed by atoms with Crippen molar-refractivity contribution in [3.63, 3.8) is 0 Å². The van der Waals surface area contributed by atoms with Crippen molar-refractivity contribution in [2.45, 2.75) is 13.5 Å². The Hall–Kier alpha value is -2.79. The fourth-order valence-electron chi connectivity index (χ4n) is 2.20. The van der Waals surface area contributed by atoms with E-state index in [-0.39, 0.29) is 0 Å². The number of aryl methyl sites for hydroxylation is 1. The Morgan fingerprint density at radius 2 is 2.00 bits per heavy atom. The van der Waals surface area contributed by atoms with E-state index < -0.39 is 0 Å². The Morgan fingerprint density at radius 1 is 1.21 bits per heavy atom. The number of halogens is 1. The smallest absolute Gasteiger partial charge is 0.231 e. The second-order valence-electron chi connectivity index (χ2n) is 5.23. The molecule has 3 aromatic rings. The third kappa shape index (κ3) is 3.75. The molecule has 0 bridgehead atoms. The molecule has 3 rings (SSSR count). The van der Waals surface area contributed by atoms with Gasteiger partial charge in [0.15, 0.2) is 0 Å². The molecule has 0 saturated heterocycles. The molecular weight excluding hydrogens is 328 g/mol. The zero-order valence-corrected chi connectivity index (χ0v) is 13.7. The molecule has 0 unspecified atom stereocenters. The van der Waals surface area contributed by atoms with Gasteiger partial charge in [0, 0.05) is 16.7 Å². The monoisotopic (exact) mass is 342 g/mol. The largest absolute Gasteiger partial charge is 0.489 e. The van der Waals surface area contributed by atoms with Gasteiger partial charge in [-0.25, -0.2) is 0 Å². The fourth-order valence-corrected chi connectivity index (χ4v) is 2.36. The predicted octanol–water partition coefficient (Wildman–Crippen LogP) is 4.45. The summed E-state index contributed by atoms with van der Waals surface area (Å²) in [7, 11) is 0. The highest BCUT2D eigenvalue weighted by atomic mass is 35.5. The number of nitrogens with zero attached hydrogens (tertiary/aromatic N) is 1. The number of rotatable bonds is 6. The van der Waals surface area contributed by atoms with Crippen molar-refractivity contribution < 1.29 is 14.1 Å². The van der Waals surface area contributed by atoms with Crippen LogP contribution in [0.25, 0.3) is 11.3 Å². The summed E-state index contributed by atoms with van der Waals surface area (Å²) in [5.41, 5.74) is 3.60. The SMILES string of the molecule is Cc1ccc(Cl)cc1OCc1ccc(-c2cc(NC=O)on2)cc1. The number of benzene rings is 2. The van der Waals surface area contributed by atoms with Gasteiger partial charge < -0.3 is 9.26 Å². The maximum Gasteiger partial charge on any atom is 0.231 e. The third-order valence-corrected chi connectivity index (χ3v) is 3.74. The van der Waals surface area contributed by atoms with E-state index >= 15 is 0 Å². The van der Waals surface area contributed by atoms with E-state index in [1.165, 1.54) is 0 Å². The Kier molecular flexibility index (Phi) is 4.82. The number of carbonyl (C=O) groups excluding carboxylic acids is 1. The topological polar surface area (TPSA) is 64.4 Å². The van der Waals surface area contributed by atoms with Crippen LogP contribution in [0.3, 0.4) is 0 Å². The average molecular weight is 343 g/mol. The summed E-state index contributed by atoms with van der Waals surface area (Å²) in [4.78, 5) is 10.4. The lowest BCUT2D eigenvalue weighted by Gasteiger charge is -2.09. The predicted molar refractivity (Wildman–Crippen MR) is 92.1 cm³/mol. The van der Waals surface area contributed by atoms with Gasteiger partial charge in [0.25, 0.3) is 0 Å². The van der Waals surface area contributed by atoms with Gasteiger partial charge in [-0.1, -0.05) is 47.1 Å². The van der Waals surface area contributed by atoms with Crippen molar-refractivity contribution in [1.29, 1.82) is 0 Å². The number of ether oxygens (including phenoxy) is 1. The Morgan fingerprint density at radius 3 is 2.75 bits per heavy atom. The molecule has 0 aliphatic carbocycles. The van der Waals surface area contributed by atoms with Gasteiger partial charge >= 0.3 is 0 Å². The number of anilines is 1. The molecule has 0 spiro atoms. The Balaban J connectivity index is 1.67. The number of aromatic nitrogens is 1. The normalized spacial score (nSPS) is 10.4. The molecule has 2 aromatic carbocycles. The second kappa shape index (κ2) is 7.19. The molecule has 0 aliphatic rings. The van der Waals surface area contributed by atoms with Gasteiger partial charge in [-0.3, -0.25) is 10.1 Å². The van der Waals surface area contributed by atoms with Crippen molar-refractivity contribution in [3.8, 4) is 17.0 Å². The Bertz CT molecular complexity index is 844. The summed E-state index contributed by atoms with van der Waals surface area (Å²) in [6.45, 7) is 2.42. The zero-order chi connectivity index (χ0) is 16.9. The number of hydrogen-bond donors (Lipinski definition) is 1. The first-order chi connectivity index (χ1) is 11.7. The third-order valence-electron chi connectivity index (χ3n) is 3.51. The number of hydrogen-bond acceptors (Lipinski definition) is 4. The van der Waals surface area contributed by atoms with Crippen LogP contribution in [0, 0.1) is 6.92 Å². The standard InChI is InChI=1S/C18H15ClN2O3/c1-12-2-7-15(19)8-17(12)23-10-13-3-5-14(6-4-13)16-9-18(20-11-22)24-21-16/h2-9,11H,10H2,1H3,(H,20,22). The van der Waals surface area contributed by atoms with Crippen molar-refractivity contribution in [2.24, 2.45) is 0 Å². The number of nitrogens with one attached hydrogen (secondary N) is 1. The van der Waals surface area contributed by atoms with Gasteiger partial charge in [-0.2, -0.15) is 0 Å². The second-order valence-corrected chi connectivity index (χ2v) is 5.67. The van der Waals surface area contributed by atoms with Crippen LogP contribution < -0.4 is 10.1 Å². The molecule has 1 N–H and O–H groups in total. The van der Waals surface area contributed by atoms with Gasteiger partial charge in [0.05, 0.1) is 0 Å². The molecule has 0 radical (unpaired) electrons. The average Bonchev–Trinajstić information content (AvgIpc) is 3.05. The molecule has 5 nitrogen and oxygen atoms in total. The van der Waals surface area contributed by atoms with Crippen LogP contribution in [-0.4, -0.2) is 11.6 Å². The quantitative estimate of drug-likeness (QED) is 0.672. The van der Waals surface area contributed by atoms with E-state index in [2.05, 4.69) is 10.5 Å². The maximum atomic E-state index is 10.4. The number of amides is 1. The molecule has 122 valence electrons. The van der Waals surface area contributed by atoms with E-state index in [0.717, 1.165) is 22.4 Å². The number of carbonyl (C=O) groups is 1. The molecule has 0 atom stereocenters. The van der Waals surface area contributed by atoms with Gasteiger partial charge in [0.2, 0.25) is 12.3 Å². The van der Waals surface area contributed by atoms with Crippen molar-refractivity contribution in [1.82, 2.24) is 5.16 Å². The van der Waals surface area contributed by atoms with E-state index in [0.29, 0.717) is 29.6 Å². The van der Waals surface area contributed by atoms with Crippen LogP contribution in [0.2, 0.25) is 5.02 Å². The first kappa shape index (κ1) is 16.1. The molecule has 1 heterocycles. The van der Waals surface area contributed by atoms with Crippen LogP contribution in [0.5, 0.6) is 5.75 Å². The minimum atomic E-state index is 0.309. The molecule has 1 aromatic heterocycles. The lowest BCUT2D eigenvalue weighted by Crippen LogP contribution is -1.97. The van der Waals surface area contributed by atoms with Gasteiger partial charge in [0.1, 0.15) is 18.1 Å². The van der Waals surface area contributed by atoms with Crippen molar-refractivity contribution >= 4 is 23.9 Å². The molecule has 6 heteroatoms. The van der Waals surface area contributed by atoms with Crippen LogP contribution in [-0.2, 0) is 11.4 Å². The first-order valence-corrected chi connectivity index (χ1v) is 7.68. The van der Waals surface area contributed by atoms with E-state index in [4.69, 9.17) is 20.9 Å². The van der Waals surface area contributed by atoms with Gasteiger partial charge in [-0.05, 0) is 30.2 Å². The molecule has 0 aliphatic heterocycles. The molecule has 0 saturated carbocycles. The molecule has 24 heavy (non-hydrogen) atoms. The van der Waals surface area contributed by atoms with Crippen LogP contribution in [0.4, 0.5) is 5.88 Å².